The number of rotatable bonds is 3. The predicted molar refractivity (Wildman–Crippen MR) is 202 cm³/mol. The lowest BCUT2D eigenvalue weighted by Crippen LogP contribution is -2.23. The summed E-state index contributed by atoms with van der Waals surface area (Å²) >= 11 is 0. The minimum atomic E-state index is 0.109. The number of allylic oxidation sites excluding steroid dienone is 9. The Kier molecular flexibility index (Phi) is 6.48. The first-order chi connectivity index (χ1) is 23.2. The standard InChI is InChI=1S/C47H43N/c1-28-22-36(33-14-8-7-9-15-33)23-29(2)45(28)48-44-24-35-21-20-34-16-10-11-18-38(34)42(35)25-41(44)31(4)46(48)40-26-43-39-19-13-12-17-37(39)32(5)47(43,6)27-30(40)3/h7-9,12-15,17,19-23,25-26,32,35H,11,18,24,27H2,1-6H3. The molecule has 0 saturated heterocycles. The van der Waals surface area contributed by atoms with Crippen LogP contribution in [0, 0.1) is 43.9 Å². The van der Waals surface area contributed by atoms with Gasteiger partial charge in [0.05, 0.1) is 11.4 Å². The summed E-state index contributed by atoms with van der Waals surface area (Å²) in [6.45, 7) is 14.3. The Balaban J connectivity index is 1.30. The fraction of sp³-hybridized carbons (Fsp3) is 0.277. The van der Waals surface area contributed by atoms with Crippen molar-refractivity contribution < 1.29 is 0 Å². The van der Waals surface area contributed by atoms with Gasteiger partial charge in [-0.1, -0.05) is 91.9 Å². The predicted octanol–water partition coefficient (Wildman–Crippen LogP) is 11.7. The van der Waals surface area contributed by atoms with E-state index < -0.39 is 0 Å². The Bertz CT molecular complexity index is 2270. The molecule has 0 saturated carbocycles. The van der Waals surface area contributed by atoms with Gasteiger partial charge in [0.1, 0.15) is 0 Å². The van der Waals surface area contributed by atoms with Gasteiger partial charge in [-0.3, -0.25) is 0 Å². The van der Waals surface area contributed by atoms with Crippen molar-refractivity contribution >= 4 is 17.2 Å². The lowest BCUT2D eigenvalue weighted by atomic mass is 9.68. The van der Waals surface area contributed by atoms with E-state index >= 15 is 0 Å². The molecule has 5 aliphatic rings. The number of aryl methyl sites for hydroxylation is 2. The van der Waals surface area contributed by atoms with Gasteiger partial charge < -0.3 is 4.57 Å². The van der Waals surface area contributed by atoms with Gasteiger partial charge in [-0.05, 0) is 150 Å². The number of aromatic nitrogens is 1. The highest BCUT2D eigenvalue weighted by Crippen LogP contribution is 2.61. The van der Waals surface area contributed by atoms with Crippen LogP contribution in [0.25, 0.3) is 34.0 Å². The van der Waals surface area contributed by atoms with Crippen LogP contribution in [0.4, 0.5) is 0 Å². The Labute approximate surface area is 286 Å². The van der Waals surface area contributed by atoms with Gasteiger partial charge >= 0.3 is 0 Å². The zero-order valence-corrected chi connectivity index (χ0v) is 29.1. The van der Waals surface area contributed by atoms with Crippen LogP contribution >= 0.6 is 0 Å². The lowest BCUT2D eigenvalue weighted by Gasteiger charge is -2.36. The van der Waals surface area contributed by atoms with Crippen LogP contribution in [0.3, 0.4) is 0 Å². The second-order valence-corrected chi connectivity index (χ2v) is 15.1. The van der Waals surface area contributed by atoms with Crippen LogP contribution in [0.2, 0.25) is 0 Å². The second-order valence-electron chi connectivity index (χ2n) is 15.1. The quantitative estimate of drug-likeness (QED) is 0.201. The first-order valence-corrected chi connectivity index (χ1v) is 17.8. The number of nitrogens with zero attached hydrogens (tertiary/aromatic N) is 1. The summed E-state index contributed by atoms with van der Waals surface area (Å²) in [4.78, 5) is 0. The van der Waals surface area contributed by atoms with Gasteiger partial charge in [-0.2, -0.15) is 0 Å². The molecular weight excluding hydrogens is 579 g/mol. The monoisotopic (exact) mass is 621 g/mol. The zero-order valence-electron chi connectivity index (χ0n) is 29.1. The molecule has 0 radical (unpaired) electrons. The summed E-state index contributed by atoms with van der Waals surface area (Å²) < 4.78 is 2.69. The van der Waals surface area contributed by atoms with Crippen LogP contribution in [0.1, 0.15) is 90.7 Å². The summed E-state index contributed by atoms with van der Waals surface area (Å²) in [5, 5.41) is 0. The van der Waals surface area contributed by atoms with Gasteiger partial charge in [0.25, 0.3) is 0 Å². The average molecular weight is 622 g/mol. The maximum absolute atomic E-state index is 3.44. The molecule has 1 heteroatoms. The Morgan fingerprint density at radius 2 is 1.62 bits per heavy atom. The van der Waals surface area contributed by atoms with Crippen molar-refractivity contribution in [2.75, 3.05) is 0 Å². The van der Waals surface area contributed by atoms with Crippen molar-refractivity contribution in [2.45, 2.75) is 73.1 Å². The molecule has 3 atom stereocenters. The highest BCUT2D eigenvalue weighted by Gasteiger charge is 2.46. The smallest absolute Gasteiger partial charge is 0.0566 e. The Hall–Kier alpha value is -4.80. The Morgan fingerprint density at radius 3 is 2.42 bits per heavy atom. The van der Waals surface area contributed by atoms with Gasteiger partial charge in [-0.15, -0.1) is 0 Å². The SMILES string of the molecule is CC1=C(c2c(C)c3c(n2-c2c(C)cc(-c4ccccc4)cc2C)CC2C=CC4=C(CCC#C4)C2=C3)C=C2c3ccccc3C(C)C2(C)C1. The molecular formula is C47H43N. The van der Waals surface area contributed by atoms with E-state index in [0.29, 0.717) is 11.8 Å². The summed E-state index contributed by atoms with van der Waals surface area (Å²) in [6.07, 6.45) is 14.0. The molecule has 3 unspecified atom stereocenters. The first-order valence-electron chi connectivity index (χ1n) is 17.8. The van der Waals surface area contributed by atoms with E-state index in [9.17, 15) is 0 Å². The molecule has 5 aliphatic carbocycles. The van der Waals surface area contributed by atoms with E-state index in [1.807, 2.05) is 0 Å². The molecule has 1 aromatic heterocycles. The van der Waals surface area contributed by atoms with Crippen LogP contribution in [0.15, 0.2) is 107 Å². The number of hydrogen-bond donors (Lipinski definition) is 0. The fourth-order valence-electron chi connectivity index (χ4n) is 9.79. The van der Waals surface area contributed by atoms with Crippen LogP contribution in [0.5, 0.6) is 0 Å². The molecule has 0 amide bonds. The molecule has 0 spiro atoms. The summed E-state index contributed by atoms with van der Waals surface area (Å²) in [7, 11) is 0. The molecule has 9 rings (SSSR count). The van der Waals surface area contributed by atoms with Gasteiger partial charge in [0.2, 0.25) is 0 Å². The molecule has 0 N–H and O–H groups in total. The van der Waals surface area contributed by atoms with Crippen LogP contribution < -0.4 is 0 Å². The van der Waals surface area contributed by atoms with Crippen LogP contribution in [-0.4, -0.2) is 4.57 Å². The minimum absolute atomic E-state index is 0.109. The molecule has 4 aromatic rings. The molecule has 0 bridgehead atoms. The molecule has 0 aliphatic heterocycles. The van der Waals surface area contributed by atoms with Crippen molar-refractivity contribution in [3.63, 3.8) is 0 Å². The van der Waals surface area contributed by atoms with E-state index in [2.05, 4.69) is 149 Å². The van der Waals surface area contributed by atoms with Gasteiger partial charge in [0.15, 0.2) is 0 Å². The Morgan fingerprint density at radius 1 is 0.875 bits per heavy atom. The topological polar surface area (TPSA) is 4.93 Å². The van der Waals surface area contributed by atoms with E-state index in [1.165, 1.54) is 95.0 Å². The fourth-order valence-corrected chi connectivity index (χ4v) is 9.79. The van der Waals surface area contributed by atoms with E-state index in [4.69, 9.17) is 0 Å². The average Bonchev–Trinajstić information content (AvgIpc) is 3.49. The molecule has 48 heavy (non-hydrogen) atoms. The number of hydrogen-bond acceptors (Lipinski definition) is 0. The van der Waals surface area contributed by atoms with Crippen molar-refractivity contribution in [2.24, 2.45) is 11.3 Å². The maximum Gasteiger partial charge on any atom is 0.0566 e. The highest BCUT2D eigenvalue weighted by atomic mass is 15.0. The van der Waals surface area contributed by atoms with E-state index in [1.54, 1.807) is 0 Å². The first kappa shape index (κ1) is 29.3. The number of fused-ring (bicyclic) bond motifs is 6. The van der Waals surface area contributed by atoms with Crippen molar-refractivity contribution in [1.29, 1.82) is 0 Å². The normalized spacial score (nSPS) is 23.4. The summed E-state index contributed by atoms with van der Waals surface area (Å²) in [5.41, 5.74) is 23.8. The molecule has 236 valence electrons. The third kappa shape index (κ3) is 4.12. The second kappa shape index (κ2) is 10.6. The van der Waals surface area contributed by atoms with Gasteiger partial charge in [-0.25, -0.2) is 0 Å². The van der Waals surface area contributed by atoms with E-state index in [-0.39, 0.29) is 5.41 Å². The number of benzene rings is 3. The summed E-state index contributed by atoms with van der Waals surface area (Å²) in [6, 6.07) is 24.8. The maximum atomic E-state index is 3.44. The van der Waals surface area contributed by atoms with Crippen molar-refractivity contribution in [3.8, 4) is 28.7 Å². The molecule has 3 aromatic carbocycles. The van der Waals surface area contributed by atoms with Crippen LogP contribution in [-0.2, 0) is 6.42 Å². The molecule has 1 nitrogen and oxygen atoms in total. The molecule has 0 fully saturated rings. The zero-order chi connectivity index (χ0) is 32.9. The molecule has 1 heterocycles. The largest absolute Gasteiger partial charge is 0.312 e. The van der Waals surface area contributed by atoms with Gasteiger partial charge in [0, 0.05) is 29.0 Å². The lowest BCUT2D eigenvalue weighted by molar-refractivity contribution is 0.383. The third-order valence-electron chi connectivity index (χ3n) is 12.3. The van der Waals surface area contributed by atoms with Crippen molar-refractivity contribution in [1.82, 2.24) is 4.57 Å². The van der Waals surface area contributed by atoms with Crippen molar-refractivity contribution in [3.05, 3.63) is 152 Å². The minimum Gasteiger partial charge on any atom is -0.312 e. The third-order valence-corrected chi connectivity index (χ3v) is 12.3. The summed E-state index contributed by atoms with van der Waals surface area (Å²) in [5.74, 6) is 7.67. The highest BCUT2D eigenvalue weighted by molar-refractivity contribution is 5.94. The van der Waals surface area contributed by atoms with E-state index in [0.717, 1.165) is 25.7 Å².